The van der Waals surface area contributed by atoms with E-state index in [1.54, 1.807) is 6.92 Å². The summed E-state index contributed by atoms with van der Waals surface area (Å²) in [6, 6.07) is 2.15. The average molecular weight is 202 g/mol. The Bertz CT molecular complexity index is 313. The SMILES string of the molecule is COCCOc1cc(C)c(F)cc1F. The van der Waals surface area contributed by atoms with Gasteiger partial charge in [0.2, 0.25) is 0 Å². The maximum atomic E-state index is 13.1. The van der Waals surface area contributed by atoms with Crippen LogP contribution >= 0.6 is 0 Å². The first kappa shape index (κ1) is 10.9. The highest BCUT2D eigenvalue weighted by Crippen LogP contribution is 2.20. The number of hydrogen-bond acceptors (Lipinski definition) is 2. The topological polar surface area (TPSA) is 18.5 Å². The van der Waals surface area contributed by atoms with Crippen LogP contribution in [-0.2, 0) is 4.74 Å². The fourth-order valence-corrected chi connectivity index (χ4v) is 0.976. The lowest BCUT2D eigenvalue weighted by Gasteiger charge is -2.07. The third-order valence-electron chi connectivity index (χ3n) is 1.76. The lowest BCUT2D eigenvalue weighted by molar-refractivity contribution is 0.143. The van der Waals surface area contributed by atoms with Crippen LogP contribution in [0, 0.1) is 18.6 Å². The van der Waals surface area contributed by atoms with Gasteiger partial charge in [0.1, 0.15) is 12.4 Å². The molecule has 1 aromatic carbocycles. The van der Waals surface area contributed by atoms with Gasteiger partial charge in [0.25, 0.3) is 0 Å². The molecule has 2 nitrogen and oxygen atoms in total. The van der Waals surface area contributed by atoms with Crippen molar-refractivity contribution >= 4 is 0 Å². The monoisotopic (exact) mass is 202 g/mol. The van der Waals surface area contributed by atoms with E-state index in [0.29, 0.717) is 12.2 Å². The van der Waals surface area contributed by atoms with Crippen LogP contribution in [0.15, 0.2) is 12.1 Å². The molecule has 0 aliphatic carbocycles. The quantitative estimate of drug-likeness (QED) is 0.697. The van der Waals surface area contributed by atoms with Gasteiger partial charge >= 0.3 is 0 Å². The van der Waals surface area contributed by atoms with Crippen molar-refractivity contribution in [1.82, 2.24) is 0 Å². The summed E-state index contributed by atoms with van der Waals surface area (Å²) in [4.78, 5) is 0. The minimum atomic E-state index is -0.691. The van der Waals surface area contributed by atoms with Crippen molar-refractivity contribution in [3.63, 3.8) is 0 Å². The molecule has 0 amide bonds. The maximum absolute atomic E-state index is 13.1. The van der Waals surface area contributed by atoms with Crippen molar-refractivity contribution < 1.29 is 18.3 Å². The van der Waals surface area contributed by atoms with Crippen LogP contribution in [0.4, 0.5) is 8.78 Å². The molecule has 0 aromatic heterocycles. The summed E-state index contributed by atoms with van der Waals surface area (Å²) in [6.07, 6.45) is 0. The van der Waals surface area contributed by atoms with Gasteiger partial charge in [0, 0.05) is 13.2 Å². The first-order chi connectivity index (χ1) is 6.65. The molecule has 1 rings (SSSR count). The van der Waals surface area contributed by atoms with E-state index in [9.17, 15) is 8.78 Å². The van der Waals surface area contributed by atoms with E-state index in [-0.39, 0.29) is 12.4 Å². The third-order valence-corrected chi connectivity index (χ3v) is 1.76. The van der Waals surface area contributed by atoms with E-state index in [0.717, 1.165) is 6.07 Å². The van der Waals surface area contributed by atoms with E-state index in [2.05, 4.69) is 0 Å². The number of rotatable bonds is 4. The summed E-state index contributed by atoms with van der Waals surface area (Å²) in [5, 5.41) is 0. The van der Waals surface area contributed by atoms with Gasteiger partial charge in [-0.3, -0.25) is 0 Å². The average Bonchev–Trinajstić information content (AvgIpc) is 2.14. The molecule has 0 bridgehead atoms. The largest absolute Gasteiger partial charge is 0.488 e. The molecule has 0 fully saturated rings. The summed E-state index contributed by atoms with van der Waals surface area (Å²) < 4.78 is 35.7. The maximum Gasteiger partial charge on any atom is 0.167 e. The molecule has 14 heavy (non-hydrogen) atoms. The Morgan fingerprint density at radius 2 is 1.86 bits per heavy atom. The van der Waals surface area contributed by atoms with Crippen molar-refractivity contribution in [2.75, 3.05) is 20.3 Å². The number of benzene rings is 1. The molecule has 0 saturated carbocycles. The number of methoxy groups -OCH3 is 1. The van der Waals surface area contributed by atoms with Crippen LogP contribution in [0.5, 0.6) is 5.75 Å². The molecule has 0 saturated heterocycles. The molecular weight excluding hydrogens is 190 g/mol. The third kappa shape index (κ3) is 2.67. The second kappa shape index (κ2) is 4.91. The van der Waals surface area contributed by atoms with E-state index in [1.165, 1.54) is 13.2 Å². The zero-order valence-corrected chi connectivity index (χ0v) is 8.14. The van der Waals surface area contributed by atoms with Gasteiger partial charge in [0.15, 0.2) is 11.6 Å². The standard InChI is InChI=1S/C10H12F2O2/c1-7-5-10(14-4-3-13-2)9(12)6-8(7)11/h5-6H,3-4H2,1-2H3. The first-order valence-corrected chi connectivity index (χ1v) is 4.22. The fraction of sp³-hybridized carbons (Fsp3) is 0.400. The highest BCUT2D eigenvalue weighted by molar-refractivity contribution is 5.30. The van der Waals surface area contributed by atoms with Crippen LogP contribution in [0.1, 0.15) is 5.56 Å². The smallest absolute Gasteiger partial charge is 0.167 e. The van der Waals surface area contributed by atoms with Gasteiger partial charge in [-0.05, 0) is 18.6 Å². The van der Waals surface area contributed by atoms with Crippen LogP contribution < -0.4 is 4.74 Å². The van der Waals surface area contributed by atoms with E-state index < -0.39 is 11.6 Å². The van der Waals surface area contributed by atoms with Gasteiger partial charge in [0.05, 0.1) is 6.61 Å². The molecule has 1 aromatic rings. The summed E-state index contributed by atoms with van der Waals surface area (Å²) >= 11 is 0. The number of halogens is 2. The Hall–Kier alpha value is -1.16. The van der Waals surface area contributed by atoms with Crippen molar-refractivity contribution in [2.45, 2.75) is 6.92 Å². The fourth-order valence-electron chi connectivity index (χ4n) is 0.976. The normalized spacial score (nSPS) is 10.3. The summed E-state index contributed by atoms with van der Waals surface area (Å²) in [5.41, 5.74) is 0.360. The second-order valence-corrected chi connectivity index (χ2v) is 2.87. The predicted molar refractivity (Wildman–Crippen MR) is 48.5 cm³/mol. The highest BCUT2D eigenvalue weighted by Gasteiger charge is 2.07. The first-order valence-electron chi connectivity index (χ1n) is 4.22. The molecule has 0 aliphatic heterocycles. The zero-order chi connectivity index (χ0) is 10.6. The molecule has 0 atom stereocenters. The van der Waals surface area contributed by atoms with Gasteiger partial charge < -0.3 is 9.47 Å². The van der Waals surface area contributed by atoms with Crippen LogP contribution in [0.25, 0.3) is 0 Å². The van der Waals surface area contributed by atoms with E-state index in [1.807, 2.05) is 0 Å². The molecule has 0 radical (unpaired) electrons. The van der Waals surface area contributed by atoms with E-state index >= 15 is 0 Å². The van der Waals surface area contributed by atoms with Crippen molar-refractivity contribution in [1.29, 1.82) is 0 Å². The van der Waals surface area contributed by atoms with Crippen LogP contribution in [0.3, 0.4) is 0 Å². The molecule has 0 N–H and O–H groups in total. The Morgan fingerprint density at radius 1 is 1.14 bits per heavy atom. The lowest BCUT2D eigenvalue weighted by Crippen LogP contribution is -2.06. The van der Waals surface area contributed by atoms with Gasteiger partial charge in [-0.1, -0.05) is 0 Å². The number of aryl methyl sites for hydroxylation is 1. The predicted octanol–water partition coefficient (Wildman–Crippen LogP) is 2.30. The minimum absolute atomic E-state index is 0.0564. The number of hydrogen-bond donors (Lipinski definition) is 0. The molecule has 0 unspecified atom stereocenters. The number of ether oxygens (including phenoxy) is 2. The lowest BCUT2D eigenvalue weighted by atomic mass is 10.2. The Balaban J connectivity index is 2.72. The molecule has 78 valence electrons. The minimum Gasteiger partial charge on any atom is -0.488 e. The van der Waals surface area contributed by atoms with Gasteiger partial charge in [-0.2, -0.15) is 0 Å². The molecule has 4 heteroatoms. The molecule has 0 spiro atoms. The van der Waals surface area contributed by atoms with Crippen LogP contribution in [-0.4, -0.2) is 20.3 Å². The second-order valence-electron chi connectivity index (χ2n) is 2.87. The van der Waals surface area contributed by atoms with Crippen molar-refractivity contribution in [2.24, 2.45) is 0 Å². The van der Waals surface area contributed by atoms with Crippen molar-refractivity contribution in [3.8, 4) is 5.75 Å². The van der Waals surface area contributed by atoms with E-state index in [4.69, 9.17) is 9.47 Å². The molecule has 0 aliphatic rings. The zero-order valence-electron chi connectivity index (χ0n) is 8.14. The van der Waals surface area contributed by atoms with Crippen LogP contribution in [0.2, 0.25) is 0 Å². The Kier molecular flexibility index (Phi) is 3.83. The Morgan fingerprint density at radius 3 is 2.50 bits per heavy atom. The summed E-state index contributed by atoms with van der Waals surface area (Å²) in [5.74, 6) is -1.20. The highest BCUT2D eigenvalue weighted by atomic mass is 19.1. The summed E-state index contributed by atoms with van der Waals surface area (Å²) in [6.45, 7) is 2.17. The molecule has 0 heterocycles. The molecular formula is C10H12F2O2. The summed E-state index contributed by atoms with van der Waals surface area (Å²) in [7, 11) is 1.52. The Labute approximate surface area is 81.4 Å². The van der Waals surface area contributed by atoms with Gasteiger partial charge in [-0.15, -0.1) is 0 Å². The van der Waals surface area contributed by atoms with Gasteiger partial charge in [-0.25, -0.2) is 8.78 Å². The van der Waals surface area contributed by atoms with Crippen molar-refractivity contribution in [3.05, 3.63) is 29.3 Å².